The van der Waals surface area contributed by atoms with Gasteiger partial charge >= 0.3 is 0 Å². The van der Waals surface area contributed by atoms with E-state index in [1.807, 2.05) is 42.8 Å². The summed E-state index contributed by atoms with van der Waals surface area (Å²) in [7, 11) is -1.97. The summed E-state index contributed by atoms with van der Waals surface area (Å²) in [5.74, 6) is 0.0451. The summed E-state index contributed by atoms with van der Waals surface area (Å²) in [5, 5.41) is 8.60. The van der Waals surface area contributed by atoms with Crippen molar-refractivity contribution < 1.29 is 13.2 Å². The van der Waals surface area contributed by atoms with Crippen molar-refractivity contribution in [3.8, 4) is 0 Å². The molecule has 1 aromatic heterocycles. The summed E-state index contributed by atoms with van der Waals surface area (Å²) >= 11 is 1.28. The zero-order chi connectivity index (χ0) is 18.9. The molecular weight excluding hydrogens is 372 g/mol. The number of anilines is 1. The van der Waals surface area contributed by atoms with Crippen LogP contribution in [0, 0.1) is 6.92 Å². The van der Waals surface area contributed by atoms with E-state index < -0.39 is 10.0 Å². The number of primary sulfonamides is 1. The Morgan fingerprint density at radius 2 is 1.92 bits per heavy atom. The summed E-state index contributed by atoms with van der Waals surface area (Å²) in [5.41, 5.74) is 3.14. The number of carbonyl (C=O) groups is 1. The maximum atomic E-state index is 12.1. The number of sulfonamides is 1. The average Bonchev–Trinajstić information content (AvgIpc) is 2.90. The van der Waals surface area contributed by atoms with E-state index in [4.69, 9.17) is 5.14 Å². The SMILES string of the molecule is Cc1ccc(NC(=O)CSc2nc3cc(S(N)(=O)=O)ccc3n2C)cc1. The minimum Gasteiger partial charge on any atom is -0.325 e. The monoisotopic (exact) mass is 390 g/mol. The quantitative estimate of drug-likeness (QED) is 0.650. The third kappa shape index (κ3) is 4.06. The van der Waals surface area contributed by atoms with Crippen molar-refractivity contribution in [1.29, 1.82) is 0 Å². The van der Waals surface area contributed by atoms with Crippen LogP contribution in [0.2, 0.25) is 0 Å². The second-order valence-electron chi connectivity index (χ2n) is 5.85. The van der Waals surface area contributed by atoms with E-state index in [9.17, 15) is 13.2 Å². The van der Waals surface area contributed by atoms with E-state index in [0.717, 1.165) is 16.8 Å². The largest absolute Gasteiger partial charge is 0.325 e. The van der Waals surface area contributed by atoms with Gasteiger partial charge < -0.3 is 9.88 Å². The minimum absolute atomic E-state index is 0.0109. The maximum Gasteiger partial charge on any atom is 0.238 e. The number of hydrogen-bond donors (Lipinski definition) is 2. The van der Waals surface area contributed by atoms with Crippen molar-refractivity contribution in [2.75, 3.05) is 11.1 Å². The molecule has 0 aliphatic carbocycles. The van der Waals surface area contributed by atoms with Gasteiger partial charge in [0.05, 0.1) is 21.7 Å². The van der Waals surface area contributed by atoms with Gasteiger partial charge in [0.2, 0.25) is 15.9 Å². The van der Waals surface area contributed by atoms with Crippen LogP contribution in [0.5, 0.6) is 0 Å². The number of nitrogens with one attached hydrogen (secondary N) is 1. The van der Waals surface area contributed by atoms with Gasteiger partial charge in [-0.15, -0.1) is 0 Å². The van der Waals surface area contributed by atoms with Crippen LogP contribution in [0.1, 0.15) is 5.56 Å². The lowest BCUT2D eigenvalue weighted by Gasteiger charge is -2.05. The molecule has 9 heteroatoms. The Morgan fingerprint density at radius 1 is 1.23 bits per heavy atom. The summed E-state index contributed by atoms with van der Waals surface area (Å²) in [6.07, 6.45) is 0. The number of nitrogens with zero attached hydrogens (tertiary/aromatic N) is 2. The van der Waals surface area contributed by atoms with Crippen LogP contribution in [0.4, 0.5) is 5.69 Å². The van der Waals surface area contributed by atoms with Crippen LogP contribution in [0.15, 0.2) is 52.5 Å². The lowest BCUT2D eigenvalue weighted by Crippen LogP contribution is -2.14. The highest BCUT2D eigenvalue weighted by molar-refractivity contribution is 7.99. The van der Waals surface area contributed by atoms with Crippen molar-refractivity contribution in [1.82, 2.24) is 9.55 Å². The van der Waals surface area contributed by atoms with Crippen LogP contribution in [-0.2, 0) is 21.9 Å². The zero-order valence-electron chi connectivity index (χ0n) is 14.3. The van der Waals surface area contributed by atoms with Gasteiger partial charge in [-0.05, 0) is 37.3 Å². The van der Waals surface area contributed by atoms with E-state index in [0.29, 0.717) is 10.7 Å². The second kappa shape index (κ2) is 7.10. The van der Waals surface area contributed by atoms with Crippen molar-refractivity contribution >= 4 is 44.4 Å². The molecule has 0 unspecified atom stereocenters. The number of amides is 1. The predicted molar refractivity (Wildman–Crippen MR) is 103 cm³/mol. The molecule has 1 heterocycles. The Balaban J connectivity index is 1.73. The van der Waals surface area contributed by atoms with E-state index in [-0.39, 0.29) is 16.6 Å². The number of aromatic nitrogens is 2. The van der Waals surface area contributed by atoms with Crippen molar-refractivity contribution in [2.45, 2.75) is 17.0 Å². The topological polar surface area (TPSA) is 107 Å². The lowest BCUT2D eigenvalue weighted by molar-refractivity contribution is -0.113. The zero-order valence-corrected chi connectivity index (χ0v) is 15.9. The van der Waals surface area contributed by atoms with Gasteiger partial charge in [0, 0.05) is 12.7 Å². The van der Waals surface area contributed by atoms with Crippen LogP contribution >= 0.6 is 11.8 Å². The highest BCUT2D eigenvalue weighted by atomic mass is 32.2. The standard InChI is InChI=1S/C17H18N4O3S2/c1-11-3-5-12(6-4-11)19-16(22)10-25-17-20-14-9-13(26(18,23)24)7-8-15(14)21(17)2/h3-9H,10H2,1-2H3,(H,19,22)(H2,18,23,24). The third-order valence-electron chi connectivity index (χ3n) is 3.81. The molecule has 26 heavy (non-hydrogen) atoms. The van der Waals surface area contributed by atoms with Crippen LogP contribution in [-0.4, -0.2) is 29.6 Å². The van der Waals surface area contributed by atoms with Gasteiger partial charge in [-0.25, -0.2) is 18.5 Å². The Labute approximate surface area is 155 Å². The maximum absolute atomic E-state index is 12.1. The fraction of sp³-hybridized carbons (Fsp3) is 0.176. The number of fused-ring (bicyclic) bond motifs is 1. The number of thioether (sulfide) groups is 1. The first-order valence-electron chi connectivity index (χ1n) is 7.72. The molecule has 0 spiro atoms. The first-order chi connectivity index (χ1) is 12.2. The summed E-state index contributed by atoms with van der Waals surface area (Å²) in [4.78, 5) is 16.5. The van der Waals surface area contributed by atoms with E-state index >= 15 is 0 Å². The van der Waals surface area contributed by atoms with Crippen molar-refractivity contribution in [3.63, 3.8) is 0 Å². The highest BCUT2D eigenvalue weighted by Gasteiger charge is 2.14. The van der Waals surface area contributed by atoms with Gasteiger partial charge in [-0.1, -0.05) is 29.5 Å². The number of carbonyl (C=O) groups excluding carboxylic acids is 1. The van der Waals surface area contributed by atoms with E-state index in [2.05, 4.69) is 10.3 Å². The van der Waals surface area contributed by atoms with Gasteiger partial charge in [-0.2, -0.15) is 0 Å². The number of hydrogen-bond acceptors (Lipinski definition) is 5. The number of nitrogens with two attached hydrogens (primary N) is 1. The normalized spacial score (nSPS) is 11.7. The minimum atomic E-state index is -3.78. The van der Waals surface area contributed by atoms with Gasteiger partial charge in [0.25, 0.3) is 0 Å². The highest BCUT2D eigenvalue weighted by Crippen LogP contribution is 2.25. The summed E-state index contributed by atoms with van der Waals surface area (Å²) in [6, 6.07) is 12.1. The number of benzene rings is 2. The Morgan fingerprint density at radius 3 is 2.58 bits per heavy atom. The van der Waals surface area contributed by atoms with Gasteiger partial charge in [-0.3, -0.25) is 4.79 Å². The smallest absolute Gasteiger partial charge is 0.238 e. The third-order valence-corrected chi connectivity index (χ3v) is 5.75. The molecule has 7 nitrogen and oxygen atoms in total. The average molecular weight is 390 g/mol. The van der Waals surface area contributed by atoms with E-state index in [1.54, 1.807) is 6.07 Å². The molecule has 2 aromatic carbocycles. The van der Waals surface area contributed by atoms with Crippen LogP contribution in [0.3, 0.4) is 0 Å². The second-order valence-corrected chi connectivity index (χ2v) is 8.36. The lowest BCUT2D eigenvalue weighted by atomic mass is 10.2. The fourth-order valence-corrected chi connectivity index (χ4v) is 3.75. The molecule has 3 aromatic rings. The van der Waals surface area contributed by atoms with E-state index in [1.165, 1.54) is 23.9 Å². The number of rotatable bonds is 5. The molecule has 0 radical (unpaired) electrons. The van der Waals surface area contributed by atoms with Crippen molar-refractivity contribution in [3.05, 3.63) is 48.0 Å². The van der Waals surface area contributed by atoms with Gasteiger partial charge in [0.15, 0.2) is 5.16 Å². The molecule has 0 fully saturated rings. The first kappa shape index (κ1) is 18.4. The summed E-state index contributed by atoms with van der Waals surface area (Å²) < 4.78 is 24.7. The molecule has 136 valence electrons. The Bertz CT molecular complexity index is 1070. The molecule has 0 aliphatic rings. The molecule has 0 atom stereocenters. The summed E-state index contributed by atoms with van der Waals surface area (Å²) in [6.45, 7) is 1.98. The predicted octanol–water partition coefficient (Wildman–Crippen LogP) is 2.26. The van der Waals surface area contributed by atoms with Crippen LogP contribution in [0.25, 0.3) is 11.0 Å². The number of imidazole rings is 1. The molecular formula is C17H18N4O3S2. The molecule has 3 N–H and O–H groups in total. The van der Waals surface area contributed by atoms with Crippen LogP contribution < -0.4 is 10.5 Å². The molecule has 0 saturated heterocycles. The first-order valence-corrected chi connectivity index (χ1v) is 10.3. The molecule has 1 amide bonds. The fourth-order valence-electron chi connectivity index (χ4n) is 2.43. The number of aryl methyl sites for hydroxylation is 2. The molecule has 3 rings (SSSR count). The Hall–Kier alpha value is -2.36. The van der Waals surface area contributed by atoms with Crippen molar-refractivity contribution in [2.24, 2.45) is 12.2 Å². The molecule has 0 saturated carbocycles. The Kier molecular flexibility index (Phi) is 5.03. The van der Waals surface area contributed by atoms with Gasteiger partial charge in [0.1, 0.15) is 0 Å². The molecule has 0 aliphatic heterocycles. The molecule has 0 bridgehead atoms.